The number of hydrogen-bond acceptors (Lipinski definition) is 4. The summed E-state index contributed by atoms with van der Waals surface area (Å²) in [4.78, 5) is 12.0. The van der Waals surface area contributed by atoms with E-state index in [2.05, 4.69) is 0 Å². The zero-order valence-corrected chi connectivity index (χ0v) is 27.5. The monoisotopic (exact) mass is 564 g/mol. The third-order valence-electron chi connectivity index (χ3n) is 8.55. The summed E-state index contributed by atoms with van der Waals surface area (Å²) < 4.78 is 0. The zero-order valence-electron chi connectivity index (χ0n) is 25.0. The van der Waals surface area contributed by atoms with Crippen molar-refractivity contribution in [3.8, 4) is 0 Å². The first kappa shape index (κ1) is 38.9. The maximum atomic E-state index is 12.0. The molecule has 0 heterocycles. The molecule has 0 aliphatic heterocycles. The van der Waals surface area contributed by atoms with Gasteiger partial charge in [0.2, 0.25) is 0 Å². The molecule has 3 rings (SSSR count). The molecule has 0 spiro atoms. The van der Waals surface area contributed by atoms with Crippen LogP contribution in [0.15, 0.2) is 0 Å². The Balaban J connectivity index is 0. The van der Waals surface area contributed by atoms with E-state index in [1.165, 1.54) is 96.3 Å². The van der Waals surface area contributed by atoms with Gasteiger partial charge >= 0.3 is 0 Å². The summed E-state index contributed by atoms with van der Waals surface area (Å²) in [5.41, 5.74) is 2.30. The van der Waals surface area contributed by atoms with Gasteiger partial charge < -0.3 is 20.1 Å². The molecule has 3 unspecified atom stereocenters. The van der Waals surface area contributed by atoms with E-state index in [1.807, 2.05) is 20.8 Å². The molecule has 3 atom stereocenters. The fourth-order valence-corrected chi connectivity index (χ4v) is 11.7. The number of hydrogen-bond donors (Lipinski definition) is 4. The van der Waals surface area contributed by atoms with Crippen molar-refractivity contribution in [2.75, 3.05) is 0 Å². The molecule has 4 nitrogen and oxygen atoms in total. The molecule has 0 aromatic rings. The van der Waals surface area contributed by atoms with Gasteiger partial charge in [-0.15, -0.1) is 0 Å². The standard InChI is InChI=1S/C18H34OSi.3C4H10O.Ti/c19-20(16-10-4-1-5-11-16,17-12-6-2-7-13-17)18-14-8-3-9-15-18;3*1-3-4(2)5;/h16-19H,1-15H2;3*4-5H,3H2,1-2H3;. The predicted molar refractivity (Wildman–Crippen MR) is 154 cm³/mol. The van der Waals surface area contributed by atoms with Crippen molar-refractivity contribution in [1.29, 1.82) is 0 Å². The molecule has 0 bridgehead atoms. The van der Waals surface area contributed by atoms with E-state index in [4.69, 9.17) is 15.3 Å². The number of aliphatic hydroxyl groups is 3. The summed E-state index contributed by atoms with van der Waals surface area (Å²) in [6.45, 7) is 11.2. The number of rotatable bonds is 6. The minimum atomic E-state index is -2.05. The predicted octanol–water partition coefficient (Wildman–Crippen LogP) is 8.26. The molecule has 36 heavy (non-hydrogen) atoms. The fraction of sp³-hybridized carbons (Fsp3) is 1.00. The van der Waals surface area contributed by atoms with Gasteiger partial charge in [-0.05, 0) is 56.7 Å². The fourth-order valence-electron chi connectivity index (χ4n) is 5.70. The van der Waals surface area contributed by atoms with E-state index in [9.17, 15) is 4.80 Å². The van der Waals surface area contributed by atoms with Crippen LogP contribution in [-0.2, 0) is 21.7 Å². The smallest absolute Gasteiger partial charge is 0.197 e. The molecule has 4 N–H and O–H groups in total. The van der Waals surface area contributed by atoms with E-state index in [0.717, 1.165) is 35.9 Å². The second-order valence-corrected chi connectivity index (χ2v) is 15.9. The van der Waals surface area contributed by atoms with Gasteiger partial charge in [-0.1, -0.05) is 117 Å². The summed E-state index contributed by atoms with van der Waals surface area (Å²) in [5.74, 6) is 0. The van der Waals surface area contributed by atoms with Crippen LogP contribution in [0.25, 0.3) is 0 Å². The average molecular weight is 565 g/mol. The Kier molecular flexibility index (Phi) is 25.6. The van der Waals surface area contributed by atoms with E-state index < -0.39 is 8.32 Å². The van der Waals surface area contributed by atoms with Crippen molar-refractivity contribution in [3.63, 3.8) is 0 Å². The van der Waals surface area contributed by atoms with Crippen LogP contribution in [0.1, 0.15) is 157 Å². The van der Waals surface area contributed by atoms with Crippen molar-refractivity contribution < 1.29 is 41.8 Å². The van der Waals surface area contributed by atoms with Crippen LogP contribution in [0.5, 0.6) is 0 Å². The maximum absolute atomic E-state index is 12.0. The van der Waals surface area contributed by atoms with Crippen LogP contribution in [0.4, 0.5) is 0 Å². The first-order valence-corrected chi connectivity index (χ1v) is 17.6. The van der Waals surface area contributed by atoms with Crippen LogP contribution >= 0.6 is 0 Å². The molecule has 0 saturated heterocycles. The van der Waals surface area contributed by atoms with Crippen molar-refractivity contribution in [1.82, 2.24) is 0 Å². The van der Waals surface area contributed by atoms with Gasteiger partial charge in [-0.2, -0.15) is 0 Å². The van der Waals surface area contributed by atoms with Gasteiger partial charge in [0.05, 0.1) is 18.3 Å². The molecule has 6 heteroatoms. The third kappa shape index (κ3) is 16.7. The second-order valence-electron chi connectivity index (χ2n) is 11.7. The number of aliphatic hydroxyl groups excluding tert-OH is 3. The molecule has 3 aliphatic carbocycles. The first-order valence-electron chi connectivity index (χ1n) is 15.4. The van der Waals surface area contributed by atoms with Crippen LogP contribution in [0.2, 0.25) is 16.6 Å². The van der Waals surface area contributed by atoms with Crippen molar-refractivity contribution in [3.05, 3.63) is 0 Å². The molecule has 0 aromatic carbocycles. The normalized spacial score (nSPS) is 22.2. The molecule has 216 valence electrons. The van der Waals surface area contributed by atoms with Crippen molar-refractivity contribution in [2.45, 2.75) is 192 Å². The van der Waals surface area contributed by atoms with Crippen molar-refractivity contribution in [2.24, 2.45) is 0 Å². The zero-order chi connectivity index (χ0) is 26.7. The van der Waals surface area contributed by atoms with E-state index in [-0.39, 0.29) is 40.0 Å². The van der Waals surface area contributed by atoms with Gasteiger partial charge in [-0.25, -0.2) is 0 Å². The maximum Gasteiger partial charge on any atom is 0.197 e. The minimum absolute atomic E-state index is 0. The summed E-state index contributed by atoms with van der Waals surface area (Å²) in [6, 6.07) is 0. The van der Waals surface area contributed by atoms with E-state index in [0.29, 0.717) is 0 Å². The van der Waals surface area contributed by atoms with Gasteiger partial charge in [0, 0.05) is 21.7 Å². The first-order chi connectivity index (χ1) is 16.6. The van der Waals surface area contributed by atoms with E-state index >= 15 is 0 Å². The Morgan fingerprint density at radius 2 is 0.667 bits per heavy atom. The van der Waals surface area contributed by atoms with Gasteiger partial charge in [0.1, 0.15) is 0 Å². The Morgan fingerprint density at radius 1 is 0.500 bits per heavy atom. The molecule has 0 radical (unpaired) electrons. The third-order valence-corrected chi connectivity index (χ3v) is 14.2. The molecular formula is C30H64O4SiTi. The molecule has 3 fully saturated rings. The topological polar surface area (TPSA) is 80.9 Å². The van der Waals surface area contributed by atoms with Crippen LogP contribution in [-0.4, -0.2) is 46.7 Å². The molecule has 0 aromatic heterocycles. The Hall–Kier alpha value is 0.771. The SMILES string of the molecule is CCC(C)O.CCC(C)O.CCC(C)O.O[Si](C1CCCCC1)(C1CCCCC1)C1CCCCC1.[Ti]. The van der Waals surface area contributed by atoms with Crippen molar-refractivity contribution >= 4 is 8.32 Å². The quantitative estimate of drug-likeness (QED) is 0.245. The van der Waals surface area contributed by atoms with Gasteiger partial charge in [0.25, 0.3) is 0 Å². The van der Waals surface area contributed by atoms with E-state index in [1.54, 1.807) is 20.8 Å². The van der Waals surface area contributed by atoms with Gasteiger partial charge in [0.15, 0.2) is 8.32 Å². The largest absolute Gasteiger partial charge is 0.431 e. The molecule has 0 amide bonds. The minimum Gasteiger partial charge on any atom is -0.431 e. The van der Waals surface area contributed by atoms with Crippen LogP contribution < -0.4 is 0 Å². The molecule has 3 saturated carbocycles. The van der Waals surface area contributed by atoms with Gasteiger partial charge in [-0.3, -0.25) is 0 Å². The summed E-state index contributed by atoms with van der Waals surface area (Å²) in [6.07, 6.45) is 23.2. The molecular weight excluding hydrogens is 500 g/mol. The summed E-state index contributed by atoms with van der Waals surface area (Å²) in [7, 11) is -2.05. The second kappa shape index (κ2) is 23.6. The van der Waals surface area contributed by atoms with Crippen LogP contribution in [0.3, 0.4) is 0 Å². The Bertz CT molecular complexity index is 393. The van der Waals surface area contributed by atoms with Crippen LogP contribution in [0, 0.1) is 0 Å². The summed E-state index contributed by atoms with van der Waals surface area (Å²) in [5, 5.41) is 25.1. The Labute approximate surface area is 241 Å². The summed E-state index contributed by atoms with van der Waals surface area (Å²) >= 11 is 0. The Morgan fingerprint density at radius 3 is 0.806 bits per heavy atom. The average Bonchev–Trinajstić information content (AvgIpc) is 2.90. The molecule has 3 aliphatic rings.